The molecule has 0 aliphatic heterocycles. The van der Waals surface area contributed by atoms with Gasteiger partial charge in [0.2, 0.25) is 0 Å². The van der Waals surface area contributed by atoms with Crippen molar-refractivity contribution in [2.75, 3.05) is 7.11 Å². The number of carbonyl (C=O) groups excluding carboxylic acids is 1. The van der Waals surface area contributed by atoms with Crippen molar-refractivity contribution in [2.24, 2.45) is 0 Å². The van der Waals surface area contributed by atoms with Crippen LogP contribution in [0.1, 0.15) is 33.8 Å². The second-order valence-electron chi connectivity index (χ2n) is 5.07. The second-order valence-corrected chi connectivity index (χ2v) is 6.39. The lowest BCUT2D eigenvalue weighted by atomic mass is 10.0. The lowest BCUT2D eigenvalue weighted by Crippen LogP contribution is -2.18. The maximum atomic E-state index is 11.5. The van der Waals surface area contributed by atoms with Crippen molar-refractivity contribution in [3.05, 3.63) is 57.3 Å². The van der Waals surface area contributed by atoms with Gasteiger partial charge in [-0.3, -0.25) is 4.79 Å². The lowest BCUT2D eigenvalue weighted by Gasteiger charge is -2.14. The van der Waals surface area contributed by atoms with E-state index in [1.807, 2.05) is 29.5 Å². The standard InChI is InChI=1S/C17H21NO2S/c1-12-8-9-16(21-12)13(2)18-11-15-7-5-4-6-14(15)10-17(19)20-3/h4-9,13,18H,10-11H2,1-3H3. The number of ether oxygens (including phenoxy) is 1. The highest BCUT2D eigenvalue weighted by Gasteiger charge is 2.10. The Morgan fingerprint density at radius 1 is 1.24 bits per heavy atom. The van der Waals surface area contributed by atoms with E-state index < -0.39 is 0 Å². The van der Waals surface area contributed by atoms with Gasteiger partial charge in [0.25, 0.3) is 0 Å². The van der Waals surface area contributed by atoms with Crippen LogP contribution in [-0.4, -0.2) is 13.1 Å². The molecule has 0 aliphatic carbocycles. The zero-order chi connectivity index (χ0) is 15.2. The SMILES string of the molecule is COC(=O)Cc1ccccc1CNC(C)c1ccc(C)s1. The Morgan fingerprint density at radius 2 is 1.95 bits per heavy atom. The Balaban J connectivity index is 2.01. The molecule has 21 heavy (non-hydrogen) atoms. The predicted molar refractivity (Wildman–Crippen MR) is 86.5 cm³/mol. The summed E-state index contributed by atoms with van der Waals surface area (Å²) >= 11 is 1.81. The molecule has 0 radical (unpaired) electrons. The van der Waals surface area contributed by atoms with Crippen molar-refractivity contribution in [3.63, 3.8) is 0 Å². The van der Waals surface area contributed by atoms with E-state index in [4.69, 9.17) is 4.74 Å². The first-order valence-corrected chi connectivity index (χ1v) is 7.85. The molecule has 1 aromatic carbocycles. The van der Waals surface area contributed by atoms with E-state index in [0.29, 0.717) is 12.5 Å². The molecule has 3 nitrogen and oxygen atoms in total. The number of benzene rings is 1. The summed E-state index contributed by atoms with van der Waals surface area (Å²) < 4.78 is 4.75. The average molecular weight is 303 g/mol. The topological polar surface area (TPSA) is 38.3 Å². The third-order valence-corrected chi connectivity index (χ3v) is 4.65. The van der Waals surface area contributed by atoms with Gasteiger partial charge in [-0.05, 0) is 37.1 Å². The van der Waals surface area contributed by atoms with E-state index >= 15 is 0 Å². The monoisotopic (exact) mass is 303 g/mol. The Hall–Kier alpha value is -1.65. The van der Waals surface area contributed by atoms with Gasteiger partial charge in [-0.2, -0.15) is 0 Å². The van der Waals surface area contributed by atoms with Gasteiger partial charge in [0.15, 0.2) is 0 Å². The number of carbonyl (C=O) groups is 1. The Bertz CT molecular complexity index is 606. The highest BCUT2D eigenvalue weighted by atomic mass is 32.1. The van der Waals surface area contributed by atoms with Gasteiger partial charge in [-0.1, -0.05) is 24.3 Å². The Labute approximate surface area is 130 Å². The summed E-state index contributed by atoms with van der Waals surface area (Å²) in [6, 6.07) is 12.6. The van der Waals surface area contributed by atoms with Crippen LogP contribution in [0.4, 0.5) is 0 Å². The molecule has 0 amide bonds. The molecule has 0 saturated heterocycles. The van der Waals surface area contributed by atoms with Crippen molar-refractivity contribution >= 4 is 17.3 Å². The summed E-state index contributed by atoms with van der Waals surface area (Å²) in [6.07, 6.45) is 0.320. The van der Waals surface area contributed by atoms with Crippen molar-refractivity contribution < 1.29 is 9.53 Å². The number of esters is 1. The molecule has 1 aromatic heterocycles. The Kier molecular flexibility index (Phi) is 5.53. The third kappa shape index (κ3) is 4.41. The number of methoxy groups -OCH3 is 1. The van der Waals surface area contributed by atoms with Gasteiger partial charge in [0.1, 0.15) is 0 Å². The first-order chi connectivity index (χ1) is 10.1. The number of hydrogen-bond acceptors (Lipinski definition) is 4. The normalized spacial score (nSPS) is 12.1. The number of hydrogen-bond donors (Lipinski definition) is 1. The van der Waals surface area contributed by atoms with E-state index in [1.165, 1.54) is 16.9 Å². The van der Waals surface area contributed by atoms with Crippen molar-refractivity contribution in [1.82, 2.24) is 5.32 Å². The van der Waals surface area contributed by atoms with Crippen molar-refractivity contribution in [2.45, 2.75) is 32.9 Å². The molecule has 2 rings (SSSR count). The minimum Gasteiger partial charge on any atom is -0.469 e. The van der Waals surface area contributed by atoms with Crippen LogP contribution in [0.3, 0.4) is 0 Å². The molecule has 0 aliphatic rings. The molecule has 1 N–H and O–H groups in total. The lowest BCUT2D eigenvalue weighted by molar-refractivity contribution is -0.139. The van der Waals surface area contributed by atoms with Gasteiger partial charge in [0.05, 0.1) is 13.5 Å². The van der Waals surface area contributed by atoms with E-state index in [0.717, 1.165) is 17.7 Å². The molecule has 0 spiro atoms. The largest absolute Gasteiger partial charge is 0.469 e. The van der Waals surface area contributed by atoms with Crippen LogP contribution in [0.2, 0.25) is 0 Å². The fourth-order valence-electron chi connectivity index (χ4n) is 2.18. The zero-order valence-corrected chi connectivity index (χ0v) is 13.5. The summed E-state index contributed by atoms with van der Waals surface area (Å²) in [6.45, 7) is 5.02. The van der Waals surface area contributed by atoms with E-state index in [9.17, 15) is 4.79 Å². The van der Waals surface area contributed by atoms with Gasteiger partial charge in [-0.15, -0.1) is 11.3 Å². The summed E-state index contributed by atoms with van der Waals surface area (Å²) in [5.41, 5.74) is 2.16. The Morgan fingerprint density at radius 3 is 2.57 bits per heavy atom. The molecule has 2 aromatic rings. The molecule has 4 heteroatoms. The molecule has 112 valence electrons. The van der Waals surface area contributed by atoms with Gasteiger partial charge >= 0.3 is 5.97 Å². The van der Waals surface area contributed by atoms with Crippen LogP contribution in [0.25, 0.3) is 0 Å². The molecule has 0 fully saturated rings. The first-order valence-electron chi connectivity index (χ1n) is 7.03. The van der Waals surface area contributed by atoms with Crippen LogP contribution in [0.5, 0.6) is 0 Å². The molecule has 1 atom stereocenters. The number of rotatable bonds is 6. The molecular formula is C17H21NO2S. The van der Waals surface area contributed by atoms with Crippen molar-refractivity contribution in [3.8, 4) is 0 Å². The average Bonchev–Trinajstić information content (AvgIpc) is 2.92. The van der Waals surface area contributed by atoms with Gasteiger partial charge in [-0.25, -0.2) is 0 Å². The second kappa shape index (κ2) is 7.38. The quantitative estimate of drug-likeness (QED) is 0.828. The summed E-state index contributed by atoms with van der Waals surface area (Å²) in [5, 5.41) is 3.52. The van der Waals surface area contributed by atoms with Crippen LogP contribution >= 0.6 is 11.3 Å². The maximum Gasteiger partial charge on any atom is 0.309 e. The minimum atomic E-state index is -0.204. The summed E-state index contributed by atoms with van der Waals surface area (Å²) in [5.74, 6) is -0.204. The third-order valence-electron chi connectivity index (χ3n) is 3.47. The van der Waals surface area contributed by atoms with E-state index in [2.05, 4.69) is 37.4 Å². The molecular weight excluding hydrogens is 282 g/mol. The van der Waals surface area contributed by atoms with Crippen LogP contribution in [0, 0.1) is 6.92 Å². The summed E-state index contributed by atoms with van der Waals surface area (Å²) in [4.78, 5) is 14.1. The fourth-order valence-corrected chi connectivity index (χ4v) is 3.08. The minimum absolute atomic E-state index is 0.204. The van der Waals surface area contributed by atoms with E-state index in [1.54, 1.807) is 0 Å². The first kappa shape index (κ1) is 15.7. The predicted octanol–water partition coefficient (Wildman–Crippen LogP) is 3.62. The number of aryl methyl sites for hydroxylation is 1. The fraction of sp³-hybridized carbons (Fsp3) is 0.353. The van der Waals surface area contributed by atoms with Gasteiger partial charge in [0, 0.05) is 22.3 Å². The smallest absolute Gasteiger partial charge is 0.309 e. The van der Waals surface area contributed by atoms with Crippen LogP contribution in [-0.2, 0) is 22.5 Å². The highest BCUT2D eigenvalue weighted by Crippen LogP contribution is 2.23. The number of thiophene rings is 1. The van der Waals surface area contributed by atoms with Crippen LogP contribution < -0.4 is 5.32 Å². The van der Waals surface area contributed by atoms with Gasteiger partial charge < -0.3 is 10.1 Å². The van der Waals surface area contributed by atoms with Crippen molar-refractivity contribution in [1.29, 1.82) is 0 Å². The summed E-state index contributed by atoms with van der Waals surface area (Å²) in [7, 11) is 1.42. The highest BCUT2D eigenvalue weighted by molar-refractivity contribution is 7.12. The zero-order valence-electron chi connectivity index (χ0n) is 12.7. The molecule has 1 unspecified atom stereocenters. The molecule has 1 heterocycles. The van der Waals surface area contributed by atoms with Crippen LogP contribution in [0.15, 0.2) is 36.4 Å². The maximum absolute atomic E-state index is 11.5. The number of nitrogens with one attached hydrogen (secondary N) is 1. The molecule has 0 saturated carbocycles. The van der Waals surface area contributed by atoms with E-state index in [-0.39, 0.29) is 5.97 Å². The molecule has 0 bridgehead atoms.